The highest BCUT2D eigenvalue weighted by Gasteiger charge is 2.53. The fraction of sp³-hybridized carbons (Fsp3) is 0.581. The molecule has 1 aliphatic heterocycles. The van der Waals surface area contributed by atoms with E-state index in [-0.39, 0.29) is 0 Å². The van der Waals surface area contributed by atoms with Crippen molar-refractivity contribution in [2.24, 2.45) is 17.8 Å². The monoisotopic (exact) mass is 442 g/mol. The highest BCUT2D eigenvalue weighted by atomic mass is 16.5. The van der Waals surface area contributed by atoms with Gasteiger partial charge < -0.3 is 4.74 Å². The summed E-state index contributed by atoms with van der Waals surface area (Å²) in [6, 6.07) is 11.6. The molecule has 33 heavy (non-hydrogen) atoms. The lowest BCUT2D eigenvalue weighted by Crippen LogP contribution is -2.49. The van der Waals surface area contributed by atoms with Crippen molar-refractivity contribution in [3.05, 3.63) is 58.1 Å². The zero-order valence-corrected chi connectivity index (χ0v) is 21.2. The maximum absolute atomic E-state index is 6.73. The van der Waals surface area contributed by atoms with Crippen LogP contribution in [0.1, 0.15) is 106 Å². The minimum absolute atomic E-state index is 0.361. The Labute approximate surface area is 200 Å². The van der Waals surface area contributed by atoms with E-state index in [0.717, 1.165) is 17.8 Å². The van der Waals surface area contributed by atoms with Gasteiger partial charge >= 0.3 is 0 Å². The van der Waals surface area contributed by atoms with E-state index in [1.165, 1.54) is 77.8 Å². The first-order chi connectivity index (χ1) is 15.8. The summed E-state index contributed by atoms with van der Waals surface area (Å²) in [6.45, 7) is 12.1. The van der Waals surface area contributed by atoms with E-state index in [0.29, 0.717) is 24.0 Å². The Morgan fingerprint density at radius 3 is 2.00 bits per heavy atom. The summed E-state index contributed by atoms with van der Waals surface area (Å²) in [5.74, 6) is 4.99. The zero-order chi connectivity index (χ0) is 22.9. The minimum atomic E-state index is 0.361. The Hall–Kier alpha value is -2.09. The smallest absolute Gasteiger partial charge is 0.292 e. The van der Waals surface area contributed by atoms with Crippen LogP contribution in [-0.4, -0.2) is 17.5 Å². The van der Waals surface area contributed by atoms with E-state index in [4.69, 9.17) is 4.74 Å². The number of ether oxygens (including phenoxy) is 1. The molecule has 4 bridgehead atoms. The molecule has 2 nitrogen and oxygen atoms in total. The summed E-state index contributed by atoms with van der Waals surface area (Å²) in [6.07, 6.45) is 11.0. The van der Waals surface area contributed by atoms with E-state index in [1.807, 2.05) is 0 Å². The van der Waals surface area contributed by atoms with Crippen molar-refractivity contribution >= 4 is 11.9 Å². The average molecular weight is 443 g/mol. The first-order valence-electron chi connectivity index (χ1n) is 13.3. The minimum Gasteiger partial charge on any atom is -0.435 e. The topological polar surface area (TPSA) is 12.2 Å². The van der Waals surface area contributed by atoms with E-state index in [9.17, 15) is 0 Å². The number of hydrogen-bond acceptors (Lipinski definition) is 1. The molecule has 2 aromatic carbocycles. The van der Waals surface area contributed by atoms with Gasteiger partial charge in [-0.15, -0.1) is 0 Å². The number of rotatable bonds is 4. The molecule has 0 atom stereocenters. The molecular formula is C31H40NO+. The van der Waals surface area contributed by atoms with Crippen molar-refractivity contribution < 1.29 is 9.31 Å². The summed E-state index contributed by atoms with van der Waals surface area (Å²) < 4.78 is 9.12. The Balaban J connectivity index is 1.47. The Morgan fingerprint density at radius 2 is 1.45 bits per heavy atom. The van der Waals surface area contributed by atoms with Crippen LogP contribution in [-0.2, 0) is 5.41 Å². The van der Waals surface area contributed by atoms with Gasteiger partial charge in [0.25, 0.3) is 6.73 Å². The van der Waals surface area contributed by atoms with Crippen LogP contribution in [0.2, 0.25) is 0 Å². The number of aryl methyl sites for hydroxylation is 1. The third-order valence-corrected chi connectivity index (χ3v) is 9.14. The molecular weight excluding hydrogens is 402 g/mol. The van der Waals surface area contributed by atoms with Crippen LogP contribution >= 0.6 is 0 Å². The third kappa shape index (κ3) is 3.47. The Bertz CT molecular complexity index is 1060. The Morgan fingerprint density at radius 1 is 0.879 bits per heavy atom. The molecule has 0 N–H and O–H groups in total. The van der Waals surface area contributed by atoms with Crippen molar-refractivity contribution in [3.8, 4) is 5.75 Å². The van der Waals surface area contributed by atoms with Crippen molar-refractivity contribution in [3.63, 3.8) is 0 Å². The van der Waals surface area contributed by atoms with Gasteiger partial charge in [0.15, 0.2) is 6.21 Å². The van der Waals surface area contributed by atoms with Gasteiger partial charge in [-0.2, -0.15) is 4.58 Å². The highest BCUT2D eigenvalue weighted by Crippen LogP contribution is 2.62. The summed E-state index contributed by atoms with van der Waals surface area (Å²) in [7, 11) is 0. The molecule has 0 aromatic heterocycles. The molecule has 2 heteroatoms. The van der Waals surface area contributed by atoms with Crippen LogP contribution in [0.5, 0.6) is 5.75 Å². The summed E-state index contributed by atoms with van der Waals surface area (Å²) in [5, 5.41) is 0. The molecule has 0 amide bonds. The molecule has 1 heterocycles. The molecule has 4 saturated carbocycles. The van der Waals surface area contributed by atoms with Crippen LogP contribution in [0.4, 0.5) is 5.69 Å². The number of fused-ring (bicyclic) bond motifs is 1. The van der Waals surface area contributed by atoms with Crippen molar-refractivity contribution in [1.29, 1.82) is 0 Å². The van der Waals surface area contributed by atoms with Gasteiger partial charge in [-0.05, 0) is 92.1 Å². The van der Waals surface area contributed by atoms with Crippen molar-refractivity contribution in [1.82, 2.24) is 0 Å². The quantitative estimate of drug-likeness (QED) is 0.440. The predicted octanol–water partition coefficient (Wildman–Crippen LogP) is 7.82. The number of para-hydroxylation sites is 1. The largest absolute Gasteiger partial charge is 0.435 e. The number of benzene rings is 2. The molecule has 4 aliphatic carbocycles. The van der Waals surface area contributed by atoms with Gasteiger partial charge in [-0.3, -0.25) is 0 Å². The molecule has 174 valence electrons. The fourth-order valence-electron chi connectivity index (χ4n) is 8.20. The maximum Gasteiger partial charge on any atom is 0.292 e. The van der Waals surface area contributed by atoms with Crippen molar-refractivity contribution in [2.75, 3.05) is 6.73 Å². The first-order valence-corrected chi connectivity index (χ1v) is 13.3. The van der Waals surface area contributed by atoms with Crippen LogP contribution in [0, 0.1) is 24.7 Å². The van der Waals surface area contributed by atoms with E-state index in [2.05, 4.69) is 75.7 Å². The van der Waals surface area contributed by atoms with Gasteiger partial charge in [0.2, 0.25) is 5.69 Å². The molecule has 5 aliphatic rings. The summed E-state index contributed by atoms with van der Waals surface area (Å²) in [5.41, 5.74) is 8.74. The molecule has 0 saturated heterocycles. The van der Waals surface area contributed by atoms with E-state index in [1.54, 1.807) is 0 Å². The second kappa shape index (κ2) is 7.72. The first kappa shape index (κ1) is 21.4. The second-order valence-electron chi connectivity index (χ2n) is 12.4. The van der Waals surface area contributed by atoms with Crippen LogP contribution in [0.3, 0.4) is 0 Å². The Kier molecular flexibility index (Phi) is 5.02. The summed E-state index contributed by atoms with van der Waals surface area (Å²) in [4.78, 5) is 0. The number of nitrogens with zero attached hydrogens (tertiary/aromatic N) is 1. The van der Waals surface area contributed by atoms with Crippen LogP contribution < -0.4 is 4.74 Å². The van der Waals surface area contributed by atoms with Crippen molar-refractivity contribution in [2.45, 2.75) is 90.4 Å². The molecule has 4 fully saturated rings. The molecule has 0 radical (unpaired) electrons. The molecule has 7 rings (SSSR count). The van der Waals surface area contributed by atoms with Crippen LogP contribution in [0.25, 0.3) is 0 Å². The van der Waals surface area contributed by atoms with Gasteiger partial charge in [0.05, 0.1) is 5.56 Å². The summed E-state index contributed by atoms with van der Waals surface area (Å²) >= 11 is 0. The van der Waals surface area contributed by atoms with E-state index >= 15 is 0 Å². The number of hydrogen-bond donors (Lipinski definition) is 0. The fourth-order valence-corrected chi connectivity index (χ4v) is 8.20. The van der Waals surface area contributed by atoms with Gasteiger partial charge in [0, 0.05) is 16.7 Å². The molecule has 0 unspecified atom stereocenters. The van der Waals surface area contributed by atoms with Gasteiger partial charge in [-0.25, -0.2) is 0 Å². The third-order valence-electron chi connectivity index (χ3n) is 9.14. The second-order valence-corrected chi connectivity index (χ2v) is 12.4. The highest BCUT2D eigenvalue weighted by molar-refractivity contribution is 5.83. The average Bonchev–Trinajstić information content (AvgIpc) is 2.76. The van der Waals surface area contributed by atoms with Gasteiger partial charge in [0.1, 0.15) is 5.75 Å². The standard InChI is InChI=1S/C31H40NO/c1-19(2)26-7-6-8-27(20(3)4)29(26)32-17-25-9-21(5)10-28(30(25)33-18-32)31-14-22-11-23(15-31)13-24(12-22)16-31/h6-10,17,19-20,22-24H,11-16,18H2,1-5H3/q+1. The molecule has 0 spiro atoms. The normalized spacial score (nSPS) is 29.9. The lowest BCUT2D eigenvalue weighted by molar-refractivity contribution is -0.477. The lowest BCUT2D eigenvalue weighted by Gasteiger charge is -2.57. The lowest BCUT2D eigenvalue weighted by atomic mass is 9.48. The zero-order valence-electron chi connectivity index (χ0n) is 21.2. The van der Waals surface area contributed by atoms with Crippen LogP contribution in [0.15, 0.2) is 30.3 Å². The van der Waals surface area contributed by atoms with E-state index < -0.39 is 0 Å². The van der Waals surface area contributed by atoms with Gasteiger partial charge in [-0.1, -0.05) is 52.0 Å². The predicted molar refractivity (Wildman–Crippen MR) is 136 cm³/mol. The maximum atomic E-state index is 6.73. The molecule has 2 aromatic rings. The SMILES string of the molecule is Cc1cc2c(c(C34CC5CC(CC(C5)C3)C4)c1)OC[N+](c1c(C(C)C)cccc1C(C)C)=C2.